The van der Waals surface area contributed by atoms with Gasteiger partial charge < -0.3 is 5.73 Å². The van der Waals surface area contributed by atoms with Crippen molar-refractivity contribution in [3.05, 3.63) is 35.1 Å². The number of hydrogen-bond donors (Lipinski definition) is 1. The highest BCUT2D eigenvalue weighted by Gasteiger charge is 2.23. The smallest absolute Gasteiger partial charge is 0.123 e. The first-order chi connectivity index (χ1) is 6.32. The van der Waals surface area contributed by atoms with Gasteiger partial charge in [0.25, 0.3) is 0 Å². The van der Waals surface area contributed by atoms with Crippen molar-refractivity contribution in [2.45, 2.75) is 33.7 Å². The van der Waals surface area contributed by atoms with Gasteiger partial charge in [-0.15, -0.1) is 12.4 Å². The molecule has 0 aliphatic carbocycles. The van der Waals surface area contributed by atoms with E-state index in [1.54, 1.807) is 6.07 Å². The molecular weight excluding hydrogens is 213 g/mol. The van der Waals surface area contributed by atoms with Crippen LogP contribution in [0.3, 0.4) is 0 Å². The van der Waals surface area contributed by atoms with Crippen LogP contribution in [0.15, 0.2) is 18.2 Å². The van der Waals surface area contributed by atoms with Crippen LogP contribution in [0, 0.1) is 18.2 Å². The topological polar surface area (TPSA) is 26.0 Å². The summed E-state index contributed by atoms with van der Waals surface area (Å²) in [6, 6.07) is 4.65. The van der Waals surface area contributed by atoms with Crippen LogP contribution in [0.1, 0.15) is 37.9 Å². The van der Waals surface area contributed by atoms with Gasteiger partial charge in [-0.2, -0.15) is 0 Å². The van der Waals surface area contributed by atoms with Gasteiger partial charge in [-0.3, -0.25) is 0 Å². The molecule has 0 aromatic heterocycles. The quantitative estimate of drug-likeness (QED) is 0.785. The Hall–Kier alpha value is -0.600. The van der Waals surface area contributed by atoms with Gasteiger partial charge in [-0.25, -0.2) is 4.39 Å². The SMILES string of the molecule is Cc1ccc(F)cc1C(N)C(C)(C)C.Cl. The molecule has 0 aliphatic heterocycles. The fraction of sp³-hybridized carbons (Fsp3) is 0.500. The Bertz CT molecular complexity index is 331. The highest BCUT2D eigenvalue weighted by molar-refractivity contribution is 5.85. The average molecular weight is 232 g/mol. The summed E-state index contributed by atoms with van der Waals surface area (Å²) in [4.78, 5) is 0. The molecule has 15 heavy (non-hydrogen) atoms. The maximum Gasteiger partial charge on any atom is 0.123 e. The van der Waals surface area contributed by atoms with Crippen LogP contribution in [0.25, 0.3) is 0 Å². The lowest BCUT2D eigenvalue weighted by Crippen LogP contribution is -2.27. The first-order valence-corrected chi connectivity index (χ1v) is 4.84. The molecule has 0 fully saturated rings. The monoisotopic (exact) mass is 231 g/mol. The van der Waals surface area contributed by atoms with E-state index < -0.39 is 0 Å². The largest absolute Gasteiger partial charge is 0.324 e. The van der Waals surface area contributed by atoms with Crippen molar-refractivity contribution in [3.63, 3.8) is 0 Å². The first-order valence-electron chi connectivity index (χ1n) is 4.84. The second kappa shape index (κ2) is 4.95. The van der Waals surface area contributed by atoms with Gasteiger partial charge in [-0.1, -0.05) is 26.8 Å². The minimum atomic E-state index is -0.217. The number of nitrogens with two attached hydrogens (primary N) is 1. The van der Waals surface area contributed by atoms with Crippen molar-refractivity contribution in [3.8, 4) is 0 Å². The summed E-state index contributed by atoms with van der Waals surface area (Å²) in [5.41, 5.74) is 7.98. The van der Waals surface area contributed by atoms with E-state index in [0.717, 1.165) is 11.1 Å². The third-order valence-electron chi connectivity index (χ3n) is 2.51. The minimum Gasteiger partial charge on any atom is -0.324 e. The lowest BCUT2D eigenvalue weighted by atomic mass is 9.81. The highest BCUT2D eigenvalue weighted by atomic mass is 35.5. The summed E-state index contributed by atoms with van der Waals surface area (Å²) < 4.78 is 13.0. The van der Waals surface area contributed by atoms with Crippen LogP contribution in [0.4, 0.5) is 4.39 Å². The van der Waals surface area contributed by atoms with E-state index in [4.69, 9.17) is 5.73 Å². The number of benzene rings is 1. The lowest BCUT2D eigenvalue weighted by molar-refractivity contribution is 0.325. The Kier molecular flexibility index (Phi) is 4.75. The van der Waals surface area contributed by atoms with Gasteiger partial charge in [0.15, 0.2) is 0 Å². The van der Waals surface area contributed by atoms with Crippen LogP contribution in [0.5, 0.6) is 0 Å². The van der Waals surface area contributed by atoms with E-state index in [1.807, 2.05) is 6.92 Å². The number of halogens is 2. The molecule has 1 nitrogen and oxygen atoms in total. The standard InChI is InChI=1S/C12H18FN.ClH/c1-8-5-6-9(13)7-10(8)11(14)12(2,3)4;/h5-7,11H,14H2,1-4H3;1H. The molecule has 1 rings (SSSR count). The molecule has 0 spiro atoms. The summed E-state index contributed by atoms with van der Waals surface area (Å²) in [7, 11) is 0. The van der Waals surface area contributed by atoms with E-state index >= 15 is 0 Å². The lowest BCUT2D eigenvalue weighted by Gasteiger charge is -2.28. The second-order valence-electron chi connectivity index (χ2n) is 4.84. The molecule has 0 amide bonds. The normalized spacial score (nSPS) is 13.2. The molecule has 1 atom stereocenters. The molecule has 0 aliphatic rings. The van der Waals surface area contributed by atoms with E-state index in [9.17, 15) is 4.39 Å². The van der Waals surface area contributed by atoms with Crippen molar-refractivity contribution in [1.82, 2.24) is 0 Å². The maximum atomic E-state index is 13.0. The molecule has 1 aromatic rings. The van der Waals surface area contributed by atoms with Crippen LogP contribution in [-0.2, 0) is 0 Å². The molecule has 1 unspecified atom stereocenters. The molecule has 0 saturated heterocycles. The Labute approximate surface area is 97.3 Å². The number of aryl methyl sites for hydroxylation is 1. The van der Waals surface area contributed by atoms with Crippen LogP contribution < -0.4 is 5.73 Å². The van der Waals surface area contributed by atoms with Crippen LogP contribution >= 0.6 is 12.4 Å². The molecule has 3 heteroatoms. The maximum absolute atomic E-state index is 13.0. The van der Waals surface area contributed by atoms with Gasteiger partial charge in [-0.05, 0) is 35.6 Å². The number of rotatable bonds is 1. The summed E-state index contributed by atoms with van der Waals surface area (Å²) in [6.45, 7) is 8.13. The number of hydrogen-bond acceptors (Lipinski definition) is 1. The molecule has 0 radical (unpaired) electrons. The van der Waals surface area contributed by atoms with Gasteiger partial charge in [0.1, 0.15) is 5.82 Å². The molecular formula is C12H19ClFN. The Morgan fingerprint density at radius 2 is 1.80 bits per heavy atom. The summed E-state index contributed by atoms with van der Waals surface area (Å²) in [5, 5.41) is 0. The summed E-state index contributed by atoms with van der Waals surface area (Å²) in [5.74, 6) is -0.217. The molecule has 86 valence electrons. The van der Waals surface area contributed by atoms with Gasteiger partial charge in [0.2, 0.25) is 0 Å². The van der Waals surface area contributed by atoms with E-state index in [-0.39, 0.29) is 29.7 Å². The zero-order valence-electron chi connectivity index (χ0n) is 9.67. The van der Waals surface area contributed by atoms with E-state index in [0.29, 0.717) is 0 Å². The van der Waals surface area contributed by atoms with Crippen molar-refractivity contribution in [1.29, 1.82) is 0 Å². The first kappa shape index (κ1) is 14.4. The Balaban J connectivity index is 0.00000196. The van der Waals surface area contributed by atoms with Crippen molar-refractivity contribution in [2.24, 2.45) is 11.1 Å². The zero-order chi connectivity index (χ0) is 10.9. The minimum absolute atomic E-state index is 0. The van der Waals surface area contributed by atoms with E-state index in [1.165, 1.54) is 12.1 Å². The Morgan fingerprint density at radius 3 is 2.27 bits per heavy atom. The van der Waals surface area contributed by atoms with Crippen LogP contribution in [0.2, 0.25) is 0 Å². The third-order valence-corrected chi connectivity index (χ3v) is 2.51. The Morgan fingerprint density at radius 1 is 1.27 bits per heavy atom. The molecule has 0 heterocycles. The summed E-state index contributed by atoms with van der Waals surface area (Å²) >= 11 is 0. The van der Waals surface area contributed by atoms with Crippen molar-refractivity contribution >= 4 is 12.4 Å². The van der Waals surface area contributed by atoms with Gasteiger partial charge in [0.05, 0.1) is 0 Å². The third kappa shape index (κ3) is 3.47. The molecule has 0 saturated carbocycles. The average Bonchev–Trinajstić information content (AvgIpc) is 2.06. The molecule has 0 bridgehead atoms. The van der Waals surface area contributed by atoms with Gasteiger partial charge in [0, 0.05) is 6.04 Å². The van der Waals surface area contributed by atoms with Crippen molar-refractivity contribution < 1.29 is 4.39 Å². The molecule has 1 aromatic carbocycles. The summed E-state index contributed by atoms with van der Waals surface area (Å²) in [6.07, 6.45) is 0. The van der Waals surface area contributed by atoms with E-state index in [2.05, 4.69) is 20.8 Å². The fourth-order valence-corrected chi connectivity index (χ4v) is 1.41. The second-order valence-corrected chi connectivity index (χ2v) is 4.84. The zero-order valence-corrected chi connectivity index (χ0v) is 10.5. The highest BCUT2D eigenvalue weighted by Crippen LogP contribution is 2.32. The fourth-order valence-electron chi connectivity index (χ4n) is 1.41. The van der Waals surface area contributed by atoms with Crippen LogP contribution in [-0.4, -0.2) is 0 Å². The predicted octanol–water partition coefficient (Wildman–Crippen LogP) is 3.60. The van der Waals surface area contributed by atoms with Gasteiger partial charge >= 0.3 is 0 Å². The van der Waals surface area contributed by atoms with Crippen molar-refractivity contribution in [2.75, 3.05) is 0 Å². The predicted molar refractivity (Wildman–Crippen MR) is 64.8 cm³/mol. The molecule has 2 N–H and O–H groups in total.